The molecular formula is C23H22N2O2. The number of amides is 1. The van der Waals surface area contributed by atoms with Crippen LogP contribution in [-0.2, 0) is 0 Å². The lowest BCUT2D eigenvalue weighted by atomic mass is 9.89. The first-order valence-corrected chi connectivity index (χ1v) is 9.37. The quantitative estimate of drug-likeness (QED) is 0.657. The van der Waals surface area contributed by atoms with Gasteiger partial charge < -0.3 is 4.90 Å². The van der Waals surface area contributed by atoms with Gasteiger partial charge in [-0.3, -0.25) is 14.6 Å². The van der Waals surface area contributed by atoms with Gasteiger partial charge in [0.15, 0.2) is 5.78 Å². The standard InChI is InChI=1S/C23H22N2O2/c1-16-21(9-4-12-24-16)23(27)25-13-5-8-20(15-25)22(26)19-11-10-17-6-2-3-7-18(17)14-19/h2-4,6-7,9-12,14,20H,5,8,13,15H2,1H3/t20-/m1/s1. The van der Waals surface area contributed by atoms with Crippen LogP contribution < -0.4 is 0 Å². The van der Waals surface area contributed by atoms with Gasteiger partial charge in [0.2, 0.25) is 0 Å². The molecule has 27 heavy (non-hydrogen) atoms. The van der Waals surface area contributed by atoms with E-state index in [1.807, 2.05) is 49.4 Å². The molecule has 4 nitrogen and oxygen atoms in total. The third-order valence-corrected chi connectivity index (χ3v) is 5.35. The second-order valence-corrected chi connectivity index (χ2v) is 7.15. The summed E-state index contributed by atoms with van der Waals surface area (Å²) in [5, 5.41) is 2.19. The maximum atomic E-state index is 13.1. The Morgan fingerprint density at radius 3 is 2.67 bits per heavy atom. The average molecular weight is 358 g/mol. The minimum atomic E-state index is -0.152. The van der Waals surface area contributed by atoms with Gasteiger partial charge in [0, 0.05) is 36.5 Å². The number of benzene rings is 2. The van der Waals surface area contributed by atoms with Crippen LogP contribution in [0.5, 0.6) is 0 Å². The van der Waals surface area contributed by atoms with Crippen molar-refractivity contribution < 1.29 is 9.59 Å². The van der Waals surface area contributed by atoms with Crippen LogP contribution in [0.25, 0.3) is 10.8 Å². The number of aryl methyl sites for hydroxylation is 1. The van der Waals surface area contributed by atoms with E-state index < -0.39 is 0 Å². The highest BCUT2D eigenvalue weighted by Crippen LogP contribution is 2.24. The zero-order chi connectivity index (χ0) is 18.8. The molecular weight excluding hydrogens is 336 g/mol. The monoisotopic (exact) mass is 358 g/mol. The second kappa shape index (κ2) is 7.31. The summed E-state index contributed by atoms with van der Waals surface area (Å²) in [6.45, 7) is 3.00. The number of piperidine rings is 1. The van der Waals surface area contributed by atoms with Crippen molar-refractivity contribution in [1.29, 1.82) is 0 Å². The van der Waals surface area contributed by atoms with Gasteiger partial charge >= 0.3 is 0 Å². The molecule has 4 heteroatoms. The number of Topliss-reactive ketones (excluding diaryl/α,β-unsaturated/α-hetero) is 1. The Morgan fingerprint density at radius 2 is 1.85 bits per heavy atom. The normalized spacial score (nSPS) is 17.1. The van der Waals surface area contributed by atoms with Gasteiger partial charge in [-0.15, -0.1) is 0 Å². The highest BCUT2D eigenvalue weighted by atomic mass is 16.2. The van der Waals surface area contributed by atoms with E-state index in [2.05, 4.69) is 4.98 Å². The maximum Gasteiger partial charge on any atom is 0.255 e. The molecule has 1 amide bonds. The van der Waals surface area contributed by atoms with Crippen molar-refractivity contribution in [3.05, 3.63) is 77.6 Å². The van der Waals surface area contributed by atoms with Crippen LogP contribution in [0.2, 0.25) is 0 Å². The van der Waals surface area contributed by atoms with E-state index in [-0.39, 0.29) is 17.6 Å². The minimum Gasteiger partial charge on any atom is -0.338 e. The lowest BCUT2D eigenvalue weighted by Gasteiger charge is -2.32. The van der Waals surface area contributed by atoms with Crippen LogP contribution in [0.4, 0.5) is 0 Å². The number of hydrogen-bond donors (Lipinski definition) is 0. The first kappa shape index (κ1) is 17.4. The van der Waals surface area contributed by atoms with Crippen molar-refractivity contribution >= 4 is 22.5 Å². The molecule has 0 saturated carbocycles. The summed E-state index contributed by atoms with van der Waals surface area (Å²) in [5.41, 5.74) is 2.08. The Balaban J connectivity index is 1.54. The van der Waals surface area contributed by atoms with Crippen molar-refractivity contribution in [1.82, 2.24) is 9.88 Å². The molecule has 1 aliphatic heterocycles. The van der Waals surface area contributed by atoms with Crippen LogP contribution >= 0.6 is 0 Å². The molecule has 136 valence electrons. The Kier molecular flexibility index (Phi) is 4.71. The van der Waals surface area contributed by atoms with Crippen LogP contribution in [0.1, 0.15) is 39.3 Å². The van der Waals surface area contributed by atoms with Crippen LogP contribution in [0.3, 0.4) is 0 Å². The zero-order valence-electron chi connectivity index (χ0n) is 15.4. The molecule has 0 aliphatic carbocycles. The number of carbonyl (C=O) groups is 2. The lowest BCUT2D eigenvalue weighted by molar-refractivity contribution is 0.0636. The zero-order valence-corrected chi connectivity index (χ0v) is 15.4. The molecule has 0 unspecified atom stereocenters. The summed E-state index contributed by atoms with van der Waals surface area (Å²) < 4.78 is 0. The van der Waals surface area contributed by atoms with Crippen molar-refractivity contribution in [2.75, 3.05) is 13.1 Å². The van der Waals surface area contributed by atoms with E-state index in [1.165, 1.54) is 0 Å². The van der Waals surface area contributed by atoms with E-state index in [0.29, 0.717) is 18.7 Å². The fourth-order valence-electron chi connectivity index (χ4n) is 3.83. The van der Waals surface area contributed by atoms with Gasteiger partial charge in [-0.25, -0.2) is 0 Å². The topological polar surface area (TPSA) is 50.3 Å². The summed E-state index contributed by atoms with van der Waals surface area (Å²) in [5.74, 6) is -0.0568. The van der Waals surface area contributed by atoms with E-state index in [0.717, 1.165) is 34.9 Å². The van der Waals surface area contributed by atoms with Crippen molar-refractivity contribution in [3.8, 4) is 0 Å². The van der Waals surface area contributed by atoms with Gasteiger partial charge in [0.25, 0.3) is 5.91 Å². The molecule has 4 rings (SSSR count). The first-order valence-electron chi connectivity index (χ1n) is 9.37. The van der Waals surface area contributed by atoms with Gasteiger partial charge in [-0.1, -0.05) is 36.4 Å². The Labute approximate surface area is 158 Å². The number of nitrogens with zero attached hydrogens (tertiary/aromatic N) is 2. The Hall–Kier alpha value is -3.01. The van der Waals surface area contributed by atoms with Gasteiger partial charge in [-0.05, 0) is 48.7 Å². The summed E-state index contributed by atoms with van der Waals surface area (Å²) in [7, 11) is 0. The Bertz CT molecular complexity index is 1010. The van der Waals surface area contributed by atoms with E-state index in [4.69, 9.17) is 0 Å². The first-order chi connectivity index (χ1) is 13.1. The number of rotatable bonds is 3. The maximum absolute atomic E-state index is 13.1. The summed E-state index contributed by atoms with van der Waals surface area (Å²) >= 11 is 0. The minimum absolute atomic E-state index is 0.0309. The summed E-state index contributed by atoms with van der Waals surface area (Å²) in [4.78, 5) is 32.0. The van der Waals surface area contributed by atoms with Crippen molar-refractivity contribution in [2.24, 2.45) is 5.92 Å². The van der Waals surface area contributed by atoms with Gasteiger partial charge in [-0.2, -0.15) is 0 Å². The van der Waals surface area contributed by atoms with E-state index in [9.17, 15) is 9.59 Å². The highest BCUT2D eigenvalue weighted by molar-refractivity contribution is 6.02. The number of likely N-dealkylation sites (tertiary alicyclic amines) is 1. The van der Waals surface area contributed by atoms with Crippen LogP contribution in [-0.4, -0.2) is 34.7 Å². The van der Waals surface area contributed by atoms with Crippen molar-refractivity contribution in [3.63, 3.8) is 0 Å². The molecule has 0 spiro atoms. The largest absolute Gasteiger partial charge is 0.338 e. The fraction of sp³-hybridized carbons (Fsp3) is 0.261. The molecule has 1 saturated heterocycles. The molecule has 2 aromatic carbocycles. The predicted molar refractivity (Wildman–Crippen MR) is 106 cm³/mol. The SMILES string of the molecule is Cc1ncccc1C(=O)N1CCC[C@@H](C(=O)c2ccc3ccccc3c2)C1. The molecule has 0 radical (unpaired) electrons. The molecule has 0 bridgehead atoms. The lowest BCUT2D eigenvalue weighted by Crippen LogP contribution is -2.42. The molecule has 1 fully saturated rings. The van der Waals surface area contributed by atoms with E-state index >= 15 is 0 Å². The van der Waals surface area contributed by atoms with Gasteiger partial charge in [0.05, 0.1) is 5.56 Å². The van der Waals surface area contributed by atoms with Crippen molar-refractivity contribution in [2.45, 2.75) is 19.8 Å². The Morgan fingerprint density at radius 1 is 1.04 bits per heavy atom. The van der Waals surface area contributed by atoms with Crippen LogP contribution in [0.15, 0.2) is 60.8 Å². The number of carbonyl (C=O) groups excluding carboxylic acids is 2. The number of pyridine rings is 1. The second-order valence-electron chi connectivity index (χ2n) is 7.15. The summed E-state index contributed by atoms with van der Waals surface area (Å²) in [6, 6.07) is 17.5. The van der Waals surface area contributed by atoms with E-state index in [1.54, 1.807) is 23.2 Å². The number of ketones is 1. The molecule has 0 N–H and O–H groups in total. The highest BCUT2D eigenvalue weighted by Gasteiger charge is 2.30. The fourth-order valence-corrected chi connectivity index (χ4v) is 3.83. The predicted octanol–water partition coefficient (Wildman–Crippen LogP) is 4.28. The summed E-state index contributed by atoms with van der Waals surface area (Å²) in [6.07, 6.45) is 3.35. The van der Waals surface area contributed by atoms with Gasteiger partial charge in [0.1, 0.15) is 0 Å². The number of hydrogen-bond acceptors (Lipinski definition) is 3. The molecule has 1 aliphatic rings. The third kappa shape index (κ3) is 3.47. The average Bonchev–Trinajstić information content (AvgIpc) is 2.73. The van der Waals surface area contributed by atoms with Crippen LogP contribution in [0, 0.1) is 12.8 Å². The molecule has 2 heterocycles. The third-order valence-electron chi connectivity index (χ3n) is 5.35. The molecule has 1 aromatic heterocycles. The smallest absolute Gasteiger partial charge is 0.255 e. The number of fused-ring (bicyclic) bond motifs is 1. The molecule has 1 atom stereocenters. The number of aromatic nitrogens is 1. The molecule has 3 aromatic rings.